The van der Waals surface area contributed by atoms with Crippen LogP contribution in [0.3, 0.4) is 0 Å². The summed E-state index contributed by atoms with van der Waals surface area (Å²) in [5.74, 6) is 0.479. The number of hydrogen-bond donors (Lipinski definition) is 2. The zero-order valence-corrected chi connectivity index (χ0v) is 13.9. The number of rotatable bonds is 10. The summed E-state index contributed by atoms with van der Waals surface area (Å²) in [6.45, 7) is 5.75. The zero-order chi connectivity index (χ0) is 17.6. The minimum absolute atomic E-state index is 0.143. The first-order valence-electron chi connectivity index (χ1n) is 7.65. The van der Waals surface area contributed by atoms with Crippen LogP contribution in [0.15, 0.2) is 18.2 Å². The molecule has 0 aliphatic rings. The van der Waals surface area contributed by atoms with E-state index in [2.05, 4.69) is 15.6 Å². The molecule has 1 aromatic rings. The van der Waals surface area contributed by atoms with Crippen LogP contribution in [0.5, 0.6) is 0 Å². The molecule has 24 heavy (non-hydrogen) atoms. The topological polar surface area (TPSA) is 108 Å². The van der Waals surface area contributed by atoms with Crippen molar-refractivity contribution in [3.63, 3.8) is 0 Å². The molecule has 0 atom stereocenters. The first-order chi connectivity index (χ1) is 11.7. The Morgan fingerprint density at radius 3 is 1.75 bits per heavy atom. The van der Waals surface area contributed by atoms with Crippen LogP contribution < -0.4 is 10.6 Å². The van der Waals surface area contributed by atoms with Gasteiger partial charge in [0, 0.05) is 13.2 Å². The van der Waals surface area contributed by atoms with Crippen LogP contribution in [0, 0.1) is 0 Å². The molecule has 1 heterocycles. The standard InChI is InChI=1S/C15H23N3O6/c1-3-21-8-10-23-14(19)17-12-6-5-7-13(16-12)18-15(20)24-11-9-22-4-2/h5-7H,3-4,8-11H2,1-2H3,(H2,16,17,18,19,20). The van der Waals surface area contributed by atoms with Crippen LogP contribution in [0.1, 0.15) is 13.8 Å². The largest absolute Gasteiger partial charge is 0.447 e. The molecular weight excluding hydrogens is 318 g/mol. The van der Waals surface area contributed by atoms with E-state index in [1.165, 1.54) is 0 Å². The maximum absolute atomic E-state index is 11.6. The normalized spacial score (nSPS) is 10.1. The summed E-state index contributed by atoms with van der Waals surface area (Å²) in [5.41, 5.74) is 0. The lowest BCUT2D eigenvalue weighted by Gasteiger charge is -2.09. The molecule has 0 aromatic carbocycles. The fourth-order valence-electron chi connectivity index (χ4n) is 1.53. The molecule has 2 N–H and O–H groups in total. The van der Waals surface area contributed by atoms with Gasteiger partial charge in [0.2, 0.25) is 0 Å². The van der Waals surface area contributed by atoms with E-state index < -0.39 is 12.2 Å². The Morgan fingerprint density at radius 1 is 0.875 bits per heavy atom. The van der Waals surface area contributed by atoms with Crippen molar-refractivity contribution in [2.24, 2.45) is 0 Å². The second-order valence-electron chi connectivity index (χ2n) is 4.32. The summed E-state index contributed by atoms with van der Waals surface area (Å²) in [7, 11) is 0. The molecule has 0 bridgehead atoms. The lowest BCUT2D eigenvalue weighted by Crippen LogP contribution is -2.19. The molecule has 9 nitrogen and oxygen atoms in total. The van der Waals surface area contributed by atoms with Crippen LogP contribution in [-0.4, -0.2) is 56.8 Å². The highest BCUT2D eigenvalue weighted by molar-refractivity contribution is 5.85. The van der Waals surface area contributed by atoms with Crippen molar-refractivity contribution in [3.8, 4) is 0 Å². The number of ether oxygens (including phenoxy) is 4. The van der Waals surface area contributed by atoms with Crippen LogP contribution in [0.2, 0.25) is 0 Å². The van der Waals surface area contributed by atoms with Gasteiger partial charge in [-0.2, -0.15) is 0 Å². The van der Waals surface area contributed by atoms with E-state index in [-0.39, 0.29) is 24.8 Å². The van der Waals surface area contributed by atoms with Gasteiger partial charge in [-0.3, -0.25) is 10.6 Å². The molecule has 0 fully saturated rings. The average molecular weight is 341 g/mol. The molecule has 0 aliphatic carbocycles. The number of carbonyl (C=O) groups is 2. The Morgan fingerprint density at radius 2 is 1.33 bits per heavy atom. The van der Waals surface area contributed by atoms with Gasteiger partial charge in [-0.05, 0) is 26.0 Å². The number of amides is 2. The van der Waals surface area contributed by atoms with Crippen LogP contribution in [0.4, 0.5) is 21.2 Å². The molecule has 9 heteroatoms. The van der Waals surface area contributed by atoms with Crippen molar-refractivity contribution < 1.29 is 28.5 Å². The van der Waals surface area contributed by atoms with E-state index in [1.54, 1.807) is 18.2 Å². The second-order valence-corrected chi connectivity index (χ2v) is 4.32. The summed E-state index contributed by atoms with van der Waals surface area (Å²) in [6.07, 6.45) is -1.31. The molecule has 0 spiro atoms. The van der Waals surface area contributed by atoms with Gasteiger partial charge in [0.15, 0.2) is 0 Å². The zero-order valence-electron chi connectivity index (χ0n) is 13.9. The Kier molecular flexibility index (Phi) is 9.90. The van der Waals surface area contributed by atoms with Crippen molar-refractivity contribution >= 4 is 23.8 Å². The Balaban J connectivity index is 2.37. The van der Waals surface area contributed by atoms with E-state index >= 15 is 0 Å². The third-order valence-corrected chi connectivity index (χ3v) is 2.54. The summed E-state index contributed by atoms with van der Waals surface area (Å²) in [6, 6.07) is 4.75. The summed E-state index contributed by atoms with van der Waals surface area (Å²) in [4.78, 5) is 27.2. The van der Waals surface area contributed by atoms with Crippen molar-refractivity contribution in [2.75, 3.05) is 50.3 Å². The third-order valence-electron chi connectivity index (χ3n) is 2.54. The van der Waals surface area contributed by atoms with Gasteiger partial charge in [-0.1, -0.05) is 6.07 Å². The highest BCUT2D eigenvalue weighted by Gasteiger charge is 2.07. The SMILES string of the molecule is CCOCCOC(=O)Nc1cccc(NC(=O)OCCOCC)n1. The van der Waals surface area contributed by atoms with E-state index in [4.69, 9.17) is 18.9 Å². The van der Waals surface area contributed by atoms with E-state index in [0.29, 0.717) is 26.4 Å². The Bertz CT molecular complexity index is 470. The summed E-state index contributed by atoms with van der Waals surface area (Å²) < 4.78 is 19.9. The number of nitrogens with one attached hydrogen (secondary N) is 2. The van der Waals surface area contributed by atoms with Crippen LogP contribution >= 0.6 is 0 Å². The molecule has 0 saturated heterocycles. The molecule has 0 radical (unpaired) electrons. The first kappa shape index (κ1) is 19.7. The second kappa shape index (κ2) is 12.1. The maximum Gasteiger partial charge on any atom is 0.412 e. The van der Waals surface area contributed by atoms with Crippen molar-refractivity contribution in [2.45, 2.75) is 13.8 Å². The van der Waals surface area contributed by atoms with Crippen molar-refractivity contribution in [1.29, 1.82) is 0 Å². The Labute approximate surface area is 140 Å². The number of anilines is 2. The predicted octanol–water partition coefficient (Wildman–Crippen LogP) is 2.25. The first-order valence-corrected chi connectivity index (χ1v) is 7.65. The smallest absolute Gasteiger partial charge is 0.412 e. The molecule has 0 unspecified atom stereocenters. The van der Waals surface area contributed by atoms with Crippen molar-refractivity contribution in [1.82, 2.24) is 4.98 Å². The number of aromatic nitrogens is 1. The summed E-state index contributed by atoms with van der Waals surface area (Å²) >= 11 is 0. The number of pyridine rings is 1. The highest BCUT2D eigenvalue weighted by atomic mass is 16.6. The average Bonchev–Trinajstić information content (AvgIpc) is 2.56. The van der Waals surface area contributed by atoms with Crippen LogP contribution in [-0.2, 0) is 18.9 Å². The van der Waals surface area contributed by atoms with Gasteiger partial charge in [0.25, 0.3) is 0 Å². The molecule has 0 saturated carbocycles. The van der Waals surface area contributed by atoms with Gasteiger partial charge in [-0.25, -0.2) is 14.6 Å². The minimum Gasteiger partial charge on any atom is -0.447 e. The van der Waals surface area contributed by atoms with Crippen LogP contribution in [0.25, 0.3) is 0 Å². The number of nitrogens with zero attached hydrogens (tertiary/aromatic N) is 1. The van der Waals surface area contributed by atoms with Gasteiger partial charge >= 0.3 is 12.2 Å². The number of carbonyl (C=O) groups excluding carboxylic acids is 2. The molecule has 1 rings (SSSR count). The molecular formula is C15H23N3O6. The lowest BCUT2D eigenvalue weighted by atomic mass is 10.4. The third kappa shape index (κ3) is 8.91. The molecule has 1 aromatic heterocycles. The number of hydrogen-bond acceptors (Lipinski definition) is 7. The minimum atomic E-state index is -0.654. The summed E-state index contributed by atoms with van der Waals surface area (Å²) in [5, 5.41) is 4.90. The quantitative estimate of drug-likeness (QED) is 0.628. The van der Waals surface area contributed by atoms with Gasteiger partial charge in [0.05, 0.1) is 13.2 Å². The highest BCUT2D eigenvalue weighted by Crippen LogP contribution is 2.09. The van der Waals surface area contributed by atoms with E-state index in [0.717, 1.165) is 0 Å². The van der Waals surface area contributed by atoms with Gasteiger partial charge in [0.1, 0.15) is 24.8 Å². The Hall–Kier alpha value is -2.39. The van der Waals surface area contributed by atoms with Gasteiger partial charge < -0.3 is 18.9 Å². The fourth-order valence-corrected chi connectivity index (χ4v) is 1.53. The monoisotopic (exact) mass is 341 g/mol. The molecule has 2 amide bonds. The lowest BCUT2D eigenvalue weighted by molar-refractivity contribution is 0.0849. The predicted molar refractivity (Wildman–Crippen MR) is 87.2 cm³/mol. The van der Waals surface area contributed by atoms with Crippen molar-refractivity contribution in [3.05, 3.63) is 18.2 Å². The maximum atomic E-state index is 11.6. The van der Waals surface area contributed by atoms with E-state index in [9.17, 15) is 9.59 Å². The molecule has 0 aliphatic heterocycles. The fraction of sp³-hybridized carbons (Fsp3) is 0.533. The molecule has 134 valence electrons. The van der Waals surface area contributed by atoms with Gasteiger partial charge in [-0.15, -0.1) is 0 Å². The van der Waals surface area contributed by atoms with E-state index in [1.807, 2.05) is 13.8 Å².